The SMILES string of the molecule is COCC(=O)NNC(=O)c1ccc(Cl)cc1Cl. The predicted octanol–water partition coefficient (Wildman–Crippen LogP) is 1.40. The van der Waals surface area contributed by atoms with E-state index in [0.29, 0.717) is 5.02 Å². The lowest BCUT2D eigenvalue weighted by Crippen LogP contribution is -2.43. The summed E-state index contributed by atoms with van der Waals surface area (Å²) in [6, 6.07) is 4.43. The maximum Gasteiger partial charge on any atom is 0.271 e. The highest BCUT2D eigenvalue weighted by Crippen LogP contribution is 2.20. The molecule has 0 aliphatic carbocycles. The lowest BCUT2D eigenvalue weighted by molar-refractivity contribution is -0.125. The van der Waals surface area contributed by atoms with Gasteiger partial charge in [-0.05, 0) is 18.2 Å². The van der Waals surface area contributed by atoms with Crippen LogP contribution in [-0.2, 0) is 9.53 Å². The second-order valence-electron chi connectivity index (χ2n) is 3.06. The summed E-state index contributed by atoms with van der Waals surface area (Å²) in [4.78, 5) is 22.6. The third-order valence-corrected chi connectivity index (χ3v) is 2.31. The van der Waals surface area contributed by atoms with E-state index in [9.17, 15) is 9.59 Å². The number of hydrazine groups is 1. The smallest absolute Gasteiger partial charge is 0.271 e. The first kappa shape index (κ1) is 13.8. The highest BCUT2D eigenvalue weighted by Gasteiger charge is 2.11. The van der Waals surface area contributed by atoms with E-state index in [2.05, 4.69) is 15.6 Å². The number of rotatable bonds is 3. The Kier molecular flexibility index (Phi) is 5.21. The van der Waals surface area contributed by atoms with Gasteiger partial charge in [-0.1, -0.05) is 23.2 Å². The number of hydrogen-bond donors (Lipinski definition) is 2. The lowest BCUT2D eigenvalue weighted by atomic mass is 10.2. The Morgan fingerprint density at radius 3 is 2.59 bits per heavy atom. The Bertz CT molecular complexity index is 438. The van der Waals surface area contributed by atoms with Crippen LogP contribution < -0.4 is 10.9 Å². The van der Waals surface area contributed by atoms with Crippen LogP contribution >= 0.6 is 23.2 Å². The van der Waals surface area contributed by atoms with E-state index in [-0.39, 0.29) is 17.2 Å². The average molecular weight is 277 g/mol. The Morgan fingerprint density at radius 1 is 1.29 bits per heavy atom. The van der Waals surface area contributed by atoms with Gasteiger partial charge >= 0.3 is 0 Å². The van der Waals surface area contributed by atoms with E-state index >= 15 is 0 Å². The molecular formula is C10H10Cl2N2O3. The largest absolute Gasteiger partial charge is 0.375 e. The molecule has 0 bridgehead atoms. The lowest BCUT2D eigenvalue weighted by Gasteiger charge is -2.08. The molecule has 5 nitrogen and oxygen atoms in total. The van der Waals surface area contributed by atoms with Crippen LogP contribution in [0.4, 0.5) is 0 Å². The van der Waals surface area contributed by atoms with Crippen LogP contribution in [0.2, 0.25) is 10.0 Å². The van der Waals surface area contributed by atoms with Crippen LogP contribution in [0.1, 0.15) is 10.4 Å². The van der Waals surface area contributed by atoms with Gasteiger partial charge in [-0.25, -0.2) is 0 Å². The molecule has 2 N–H and O–H groups in total. The second-order valence-corrected chi connectivity index (χ2v) is 3.90. The quantitative estimate of drug-likeness (QED) is 0.821. The van der Waals surface area contributed by atoms with Crippen molar-refractivity contribution in [3.8, 4) is 0 Å². The molecule has 0 saturated heterocycles. The summed E-state index contributed by atoms with van der Waals surface area (Å²) in [5.74, 6) is -0.998. The topological polar surface area (TPSA) is 67.4 Å². The molecule has 0 heterocycles. The number of hydrogen-bond acceptors (Lipinski definition) is 3. The van der Waals surface area contributed by atoms with E-state index in [0.717, 1.165) is 0 Å². The van der Waals surface area contributed by atoms with Crippen molar-refractivity contribution in [3.63, 3.8) is 0 Å². The fourth-order valence-electron chi connectivity index (χ4n) is 1.03. The van der Waals surface area contributed by atoms with E-state index < -0.39 is 11.8 Å². The van der Waals surface area contributed by atoms with Gasteiger partial charge in [0.1, 0.15) is 6.61 Å². The summed E-state index contributed by atoms with van der Waals surface area (Å²) >= 11 is 11.5. The van der Waals surface area contributed by atoms with Crippen molar-refractivity contribution in [1.29, 1.82) is 0 Å². The van der Waals surface area contributed by atoms with Crippen molar-refractivity contribution in [2.24, 2.45) is 0 Å². The predicted molar refractivity (Wildman–Crippen MR) is 63.9 cm³/mol. The number of carbonyl (C=O) groups excluding carboxylic acids is 2. The van der Waals surface area contributed by atoms with Crippen molar-refractivity contribution in [2.45, 2.75) is 0 Å². The number of carbonyl (C=O) groups is 2. The molecule has 0 aliphatic heterocycles. The summed E-state index contributed by atoms with van der Waals surface area (Å²) in [6.45, 7) is -0.144. The van der Waals surface area contributed by atoms with E-state index in [1.54, 1.807) is 0 Å². The fourth-order valence-corrected chi connectivity index (χ4v) is 1.53. The summed E-state index contributed by atoms with van der Waals surface area (Å²) in [5, 5.41) is 0.631. The van der Waals surface area contributed by atoms with E-state index in [1.165, 1.54) is 25.3 Å². The van der Waals surface area contributed by atoms with Crippen molar-refractivity contribution in [3.05, 3.63) is 33.8 Å². The summed E-state index contributed by atoms with van der Waals surface area (Å²) in [6.07, 6.45) is 0. The van der Waals surface area contributed by atoms with Crippen molar-refractivity contribution in [1.82, 2.24) is 10.9 Å². The van der Waals surface area contributed by atoms with E-state index in [4.69, 9.17) is 23.2 Å². The molecule has 0 atom stereocenters. The van der Waals surface area contributed by atoms with Gasteiger partial charge < -0.3 is 4.74 Å². The molecule has 92 valence electrons. The molecule has 0 aliphatic rings. The Hall–Kier alpha value is -1.30. The number of nitrogens with one attached hydrogen (secondary N) is 2. The molecule has 0 aromatic heterocycles. The second kappa shape index (κ2) is 6.44. The van der Waals surface area contributed by atoms with Gasteiger partial charge in [-0.3, -0.25) is 20.4 Å². The molecule has 0 radical (unpaired) electrons. The molecule has 2 amide bonds. The van der Waals surface area contributed by atoms with Crippen LogP contribution in [0, 0.1) is 0 Å². The molecule has 0 saturated carbocycles. The molecule has 0 fully saturated rings. The number of methoxy groups -OCH3 is 1. The molecule has 1 aromatic carbocycles. The Balaban J connectivity index is 2.61. The number of amides is 2. The summed E-state index contributed by atoms with van der Waals surface area (Å²) in [7, 11) is 1.37. The maximum atomic E-state index is 11.6. The van der Waals surface area contributed by atoms with Crippen LogP contribution in [0.25, 0.3) is 0 Å². The van der Waals surface area contributed by atoms with Crippen LogP contribution in [0.3, 0.4) is 0 Å². The zero-order valence-electron chi connectivity index (χ0n) is 8.92. The third kappa shape index (κ3) is 4.22. The summed E-state index contributed by atoms with van der Waals surface area (Å²) < 4.78 is 4.57. The summed E-state index contributed by atoms with van der Waals surface area (Å²) in [5.41, 5.74) is 4.58. The fraction of sp³-hybridized carbons (Fsp3) is 0.200. The zero-order chi connectivity index (χ0) is 12.8. The van der Waals surface area contributed by atoms with Crippen LogP contribution in [-0.4, -0.2) is 25.5 Å². The van der Waals surface area contributed by atoms with Gasteiger partial charge in [0.05, 0.1) is 10.6 Å². The molecule has 17 heavy (non-hydrogen) atoms. The average Bonchev–Trinajstić information content (AvgIpc) is 2.26. The highest BCUT2D eigenvalue weighted by atomic mass is 35.5. The first-order valence-electron chi connectivity index (χ1n) is 4.57. The normalized spacial score (nSPS) is 9.82. The minimum Gasteiger partial charge on any atom is -0.375 e. The van der Waals surface area contributed by atoms with Crippen molar-refractivity contribution < 1.29 is 14.3 Å². The Labute approximate surface area is 108 Å². The third-order valence-electron chi connectivity index (χ3n) is 1.77. The standard InChI is InChI=1S/C10H10Cl2N2O3/c1-17-5-9(15)13-14-10(16)7-3-2-6(11)4-8(7)12/h2-4H,5H2,1H3,(H,13,15)(H,14,16). The molecular weight excluding hydrogens is 267 g/mol. The van der Waals surface area contributed by atoms with Crippen molar-refractivity contribution in [2.75, 3.05) is 13.7 Å². The minimum absolute atomic E-state index is 0.144. The molecule has 7 heteroatoms. The first-order valence-corrected chi connectivity index (χ1v) is 5.33. The molecule has 1 aromatic rings. The van der Waals surface area contributed by atoms with Crippen molar-refractivity contribution >= 4 is 35.0 Å². The first-order chi connectivity index (χ1) is 8.04. The number of ether oxygens (including phenoxy) is 1. The number of halogens is 2. The zero-order valence-corrected chi connectivity index (χ0v) is 10.4. The van der Waals surface area contributed by atoms with Gasteiger partial charge in [-0.15, -0.1) is 0 Å². The van der Waals surface area contributed by atoms with Gasteiger partial charge in [-0.2, -0.15) is 0 Å². The molecule has 0 spiro atoms. The van der Waals surface area contributed by atoms with Crippen LogP contribution in [0.5, 0.6) is 0 Å². The molecule has 0 unspecified atom stereocenters. The molecule has 1 rings (SSSR count). The Morgan fingerprint density at radius 2 is 2.00 bits per heavy atom. The van der Waals surface area contributed by atoms with Gasteiger partial charge in [0.15, 0.2) is 0 Å². The monoisotopic (exact) mass is 276 g/mol. The maximum absolute atomic E-state index is 11.6. The number of benzene rings is 1. The van der Waals surface area contributed by atoms with Crippen LogP contribution in [0.15, 0.2) is 18.2 Å². The van der Waals surface area contributed by atoms with Gasteiger partial charge in [0.2, 0.25) is 0 Å². The van der Waals surface area contributed by atoms with E-state index in [1.807, 2.05) is 0 Å². The minimum atomic E-state index is -0.531. The highest BCUT2D eigenvalue weighted by molar-refractivity contribution is 6.36. The van der Waals surface area contributed by atoms with Gasteiger partial charge in [0, 0.05) is 12.1 Å². The van der Waals surface area contributed by atoms with Gasteiger partial charge in [0.25, 0.3) is 11.8 Å².